The zero-order valence-corrected chi connectivity index (χ0v) is 20.9. The van der Waals surface area contributed by atoms with E-state index in [0.29, 0.717) is 5.69 Å². The molecule has 0 aliphatic heterocycles. The molecule has 0 bridgehead atoms. The number of ether oxygens (including phenoxy) is 1. The largest absolute Gasteiger partial charge is 0.476 e. The second-order valence-corrected chi connectivity index (χ2v) is 10.3. The van der Waals surface area contributed by atoms with Gasteiger partial charge in [0.25, 0.3) is 15.9 Å². The second-order valence-electron chi connectivity index (χ2n) is 8.33. The number of carbonyl (C=O) groups is 1. The molecule has 0 atom stereocenters. The van der Waals surface area contributed by atoms with Gasteiger partial charge in [-0.1, -0.05) is 11.6 Å². The summed E-state index contributed by atoms with van der Waals surface area (Å²) < 4.78 is 74.1. The molecule has 3 aromatic heterocycles. The van der Waals surface area contributed by atoms with E-state index in [4.69, 9.17) is 16.3 Å². The van der Waals surface area contributed by atoms with Crippen LogP contribution in [0.2, 0.25) is 5.15 Å². The molecular weight excluding hydrogens is 513 g/mol. The first-order valence-electron chi connectivity index (χ1n) is 10.0. The van der Waals surface area contributed by atoms with Crippen LogP contribution in [0.25, 0.3) is 5.82 Å². The Labute approximate surface area is 204 Å². The van der Waals surface area contributed by atoms with Crippen molar-refractivity contribution in [2.45, 2.75) is 38.8 Å². The zero-order chi connectivity index (χ0) is 26.3. The Kier molecular flexibility index (Phi) is 6.92. The van der Waals surface area contributed by atoms with E-state index in [1.807, 2.05) is 4.72 Å². The van der Waals surface area contributed by atoms with Gasteiger partial charge in [0.15, 0.2) is 5.82 Å². The van der Waals surface area contributed by atoms with Crippen LogP contribution in [0.3, 0.4) is 0 Å². The lowest BCUT2D eigenvalue weighted by Crippen LogP contribution is -2.37. The van der Waals surface area contributed by atoms with Gasteiger partial charge in [0.2, 0.25) is 5.88 Å². The molecule has 15 heteroatoms. The predicted molar refractivity (Wildman–Crippen MR) is 119 cm³/mol. The lowest BCUT2D eigenvalue weighted by molar-refractivity contribution is -0.219. The number of rotatable bonds is 7. The van der Waals surface area contributed by atoms with Gasteiger partial charge in [0, 0.05) is 19.3 Å². The first-order chi connectivity index (χ1) is 16.0. The highest BCUT2D eigenvalue weighted by Gasteiger charge is 2.48. The van der Waals surface area contributed by atoms with Crippen molar-refractivity contribution in [3.63, 3.8) is 0 Å². The first-order valence-corrected chi connectivity index (χ1v) is 11.9. The number of pyridine rings is 1. The third kappa shape index (κ3) is 5.42. The Balaban J connectivity index is 1.76. The van der Waals surface area contributed by atoms with Crippen LogP contribution in [0.4, 0.5) is 13.2 Å². The maximum absolute atomic E-state index is 13.0. The Bertz CT molecular complexity index is 1380. The molecule has 0 unspecified atom stereocenters. The monoisotopic (exact) mass is 534 g/mol. The summed E-state index contributed by atoms with van der Waals surface area (Å²) in [6.07, 6.45) is -3.07. The van der Waals surface area contributed by atoms with Crippen LogP contribution in [-0.2, 0) is 17.1 Å². The van der Waals surface area contributed by atoms with E-state index in [-0.39, 0.29) is 33.0 Å². The molecule has 1 amide bonds. The number of halogens is 4. The molecule has 1 N–H and O–H groups in total. The molecule has 3 aromatic rings. The summed E-state index contributed by atoms with van der Waals surface area (Å²) in [4.78, 5) is 16.5. The minimum absolute atomic E-state index is 0.0737. The number of aromatic nitrogens is 5. The van der Waals surface area contributed by atoms with Crippen LogP contribution in [0.15, 0.2) is 29.3 Å². The first kappa shape index (κ1) is 26.5. The van der Waals surface area contributed by atoms with Crippen molar-refractivity contribution in [2.75, 3.05) is 6.61 Å². The molecule has 35 heavy (non-hydrogen) atoms. The number of hydrogen-bond donors (Lipinski definition) is 1. The third-order valence-corrected chi connectivity index (χ3v) is 7.04. The Hall–Kier alpha value is -3.13. The molecule has 0 fully saturated rings. The predicted octanol–water partition coefficient (Wildman–Crippen LogP) is 3.36. The van der Waals surface area contributed by atoms with Gasteiger partial charge in [0.1, 0.15) is 16.7 Å². The van der Waals surface area contributed by atoms with Gasteiger partial charge in [-0.25, -0.2) is 22.8 Å². The molecule has 0 aliphatic carbocycles. The third-order valence-electron chi connectivity index (χ3n) is 5.16. The van der Waals surface area contributed by atoms with Crippen molar-refractivity contribution >= 4 is 27.5 Å². The number of alkyl halides is 3. The smallest absolute Gasteiger partial charge is 0.397 e. The summed E-state index contributed by atoms with van der Waals surface area (Å²) in [5, 5.41) is 7.72. The molecule has 0 aromatic carbocycles. The minimum Gasteiger partial charge on any atom is -0.476 e. The summed E-state index contributed by atoms with van der Waals surface area (Å²) in [6.45, 7) is 4.42. The average molecular weight is 535 g/mol. The van der Waals surface area contributed by atoms with Crippen LogP contribution in [0.1, 0.15) is 35.6 Å². The lowest BCUT2D eigenvalue weighted by atomic mass is 9.94. The average Bonchev–Trinajstić information content (AvgIpc) is 3.29. The van der Waals surface area contributed by atoms with Crippen molar-refractivity contribution < 1.29 is 31.1 Å². The number of nitrogens with one attached hydrogen (secondary N) is 1. The standard InChI is InChI=1S/C20H22ClF3N6O4S/c1-11-16(12(2)29(5)26-11)35(32,33)28-18(31)13-6-7-14(25-17(13)21)30-9-8-15(27-30)34-10-19(3,4)20(22,23)24/h6-9H,10H2,1-5H3,(H,28,31). The Morgan fingerprint density at radius 3 is 2.37 bits per heavy atom. The summed E-state index contributed by atoms with van der Waals surface area (Å²) in [5.41, 5.74) is -1.73. The molecular formula is C20H22ClF3N6O4S. The SMILES string of the molecule is Cc1nn(C)c(C)c1S(=O)(=O)NC(=O)c1ccc(-n2ccc(OCC(C)(C)C(F)(F)F)n2)nc1Cl. The molecule has 0 saturated heterocycles. The fraction of sp³-hybridized carbons (Fsp3) is 0.400. The summed E-state index contributed by atoms with van der Waals surface area (Å²) in [5.74, 6) is -0.954. The van der Waals surface area contributed by atoms with Crippen molar-refractivity contribution in [3.8, 4) is 11.7 Å². The van der Waals surface area contributed by atoms with Gasteiger partial charge in [0.05, 0.1) is 22.4 Å². The Morgan fingerprint density at radius 2 is 1.83 bits per heavy atom. The van der Waals surface area contributed by atoms with Crippen LogP contribution < -0.4 is 9.46 Å². The summed E-state index contributed by atoms with van der Waals surface area (Å²) >= 11 is 6.11. The maximum Gasteiger partial charge on any atom is 0.397 e. The highest BCUT2D eigenvalue weighted by molar-refractivity contribution is 7.90. The van der Waals surface area contributed by atoms with Crippen molar-refractivity contribution in [3.05, 3.63) is 46.5 Å². The molecule has 0 radical (unpaired) electrons. The number of carbonyl (C=O) groups excluding carboxylic acids is 1. The number of hydrogen-bond acceptors (Lipinski definition) is 7. The molecule has 190 valence electrons. The van der Waals surface area contributed by atoms with Gasteiger partial charge < -0.3 is 4.74 Å². The van der Waals surface area contributed by atoms with Crippen LogP contribution in [0, 0.1) is 19.3 Å². The summed E-state index contributed by atoms with van der Waals surface area (Å²) in [6, 6.07) is 3.92. The van der Waals surface area contributed by atoms with Crippen molar-refractivity contribution in [1.82, 2.24) is 29.3 Å². The fourth-order valence-electron chi connectivity index (χ4n) is 2.94. The van der Waals surface area contributed by atoms with E-state index in [9.17, 15) is 26.4 Å². The molecule has 0 spiro atoms. The second kappa shape index (κ2) is 9.15. The van der Waals surface area contributed by atoms with Gasteiger partial charge in [-0.15, -0.1) is 5.10 Å². The van der Waals surface area contributed by atoms with Gasteiger partial charge in [-0.05, 0) is 39.8 Å². The highest BCUT2D eigenvalue weighted by Crippen LogP contribution is 2.37. The van der Waals surface area contributed by atoms with E-state index in [1.54, 1.807) is 14.0 Å². The number of nitrogens with zero attached hydrogens (tertiary/aromatic N) is 5. The molecule has 0 aliphatic rings. The van der Waals surface area contributed by atoms with Crippen molar-refractivity contribution in [1.29, 1.82) is 0 Å². The van der Waals surface area contributed by atoms with E-state index >= 15 is 0 Å². The normalized spacial score (nSPS) is 12.6. The quantitative estimate of drug-likeness (QED) is 0.461. The maximum atomic E-state index is 13.0. The summed E-state index contributed by atoms with van der Waals surface area (Å²) in [7, 11) is -2.66. The fourth-order valence-corrected chi connectivity index (χ4v) is 4.58. The van der Waals surface area contributed by atoms with Gasteiger partial charge >= 0.3 is 6.18 Å². The Morgan fingerprint density at radius 1 is 1.17 bits per heavy atom. The zero-order valence-electron chi connectivity index (χ0n) is 19.3. The number of sulfonamides is 1. The van der Waals surface area contributed by atoms with Crippen LogP contribution >= 0.6 is 11.6 Å². The number of aryl methyl sites for hydroxylation is 2. The van der Waals surface area contributed by atoms with E-state index < -0.39 is 34.1 Å². The molecule has 3 heterocycles. The van der Waals surface area contributed by atoms with Crippen LogP contribution in [0.5, 0.6) is 5.88 Å². The van der Waals surface area contributed by atoms with E-state index in [1.165, 1.54) is 40.7 Å². The van der Waals surface area contributed by atoms with Gasteiger partial charge in [-0.3, -0.25) is 9.48 Å². The number of amides is 1. The van der Waals surface area contributed by atoms with E-state index in [2.05, 4.69) is 15.2 Å². The van der Waals surface area contributed by atoms with Crippen LogP contribution in [-0.4, -0.2) is 51.7 Å². The molecule has 3 rings (SSSR count). The topological polar surface area (TPSA) is 121 Å². The highest BCUT2D eigenvalue weighted by atomic mass is 35.5. The van der Waals surface area contributed by atoms with E-state index in [0.717, 1.165) is 13.8 Å². The minimum atomic E-state index is -4.46. The van der Waals surface area contributed by atoms with Gasteiger partial charge in [-0.2, -0.15) is 18.3 Å². The molecule has 0 saturated carbocycles. The molecule has 10 nitrogen and oxygen atoms in total. The lowest BCUT2D eigenvalue weighted by Gasteiger charge is -2.26. The van der Waals surface area contributed by atoms with Crippen molar-refractivity contribution in [2.24, 2.45) is 12.5 Å².